The standard InChI is InChI=1S/C19H21N3O3/c1-13-6-4-5-7-17(13)25-12-18(23)20-11-14-8-9-15-16(10-14)22(3)19(24)21(15)2/h4-10H,11-12H2,1-3H3,(H,20,23). The van der Waals surface area contributed by atoms with Crippen molar-refractivity contribution in [2.24, 2.45) is 14.1 Å². The summed E-state index contributed by atoms with van der Waals surface area (Å²) in [7, 11) is 3.48. The molecule has 0 bridgehead atoms. The third kappa shape index (κ3) is 3.42. The first-order valence-corrected chi connectivity index (χ1v) is 8.07. The Morgan fingerprint density at radius 1 is 1.08 bits per heavy atom. The van der Waals surface area contributed by atoms with Gasteiger partial charge in [0.25, 0.3) is 5.91 Å². The van der Waals surface area contributed by atoms with Crippen molar-refractivity contribution < 1.29 is 9.53 Å². The molecule has 1 heterocycles. The Balaban J connectivity index is 1.62. The van der Waals surface area contributed by atoms with E-state index in [0.29, 0.717) is 12.3 Å². The van der Waals surface area contributed by atoms with Gasteiger partial charge in [-0.05, 0) is 36.2 Å². The molecule has 0 radical (unpaired) electrons. The van der Waals surface area contributed by atoms with Crippen LogP contribution in [0, 0.1) is 6.92 Å². The van der Waals surface area contributed by atoms with E-state index in [2.05, 4.69) is 5.32 Å². The number of hydrogen-bond donors (Lipinski definition) is 1. The molecule has 3 aromatic rings. The summed E-state index contributed by atoms with van der Waals surface area (Å²) in [5.41, 5.74) is 3.56. The number of carbonyl (C=O) groups excluding carboxylic acids is 1. The number of hydrogen-bond acceptors (Lipinski definition) is 3. The Kier molecular flexibility index (Phi) is 4.61. The highest BCUT2D eigenvalue weighted by Crippen LogP contribution is 2.16. The zero-order valence-electron chi connectivity index (χ0n) is 14.6. The van der Waals surface area contributed by atoms with Crippen LogP contribution in [-0.4, -0.2) is 21.6 Å². The molecule has 1 N–H and O–H groups in total. The van der Waals surface area contributed by atoms with Gasteiger partial charge in [-0.25, -0.2) is 4.79 Å². The molecule has 2 aromatic carbocycles. The van der Waals surface area contributed by atoms with Gasteiger partial charge in [-0.1, -0.05) is 24.3 Å². The molecule has 6 nitrogen and oxygen atoms in total. The van der Waals surface area contributed by atoms with Crippen LogP contribution in [0.4, 0.5) is 0 Å². The first kappa shape index (κ1) is 16.8. The van der Waals surface area contributed by atoms with Crippen LogP contribution >= 0.6 is 0 Å². The van der Waals surface area contributed by atoms with E-state index in [0.717, 1.165) is 22.2 Å². The van der Waals surface area contributed by atoms with E-state index in [1.54, 1.807) is 23.2 Å². The van der Waals surface area contributed by atoms with Gasteiger partial charge >= 0.3 is 5.69 Å². The predicted molar refractivity (Wildman–Crippen MR) is 96.7 cm³/mol. The molecule has 0 spiro atoms. The number of fused-ring (bicyclic) bond motifs is 1. The van der Waals surface area contributed by atoms with Crippen molar-refractivity contribution in [2.75, 3.05) is 6.61 Å². The molecule has 0 atom stereocenters. The summed E-state index contributed by atoms with van der Waals surface area (Å²) in [6, 6.07) is 13.3. The van der Waals surface area contributed by atoms with E-state index < -0.39 is 0 Å². The lowest BCUT2D eigenvalue weighted by Gasteiger charge is -2.09. The predicted octanol–water partition coefficient (Wildman–Crippen LogP) is 1.88. The van der Waals surface area contributed by atoms with Crippen molar-refractivity contribution in [1.29, 1.82) is 0 Å². The number of aryl methyl sites for hydroxylation is 3. The van der Waals surface area contributed by atoms with Crippen LogP contribution in [0.3, 0.4) is 0 Å². The Hall–Kier alpha value is -3.02. The molecule has 3 rings (SSSR count). The van der Waals surface area contributed by atoms with Crippen molar-refractivity contribution in [3.8, 4) is 5.75 Å². The fourth-order valence-corrected chi connectivity index (χ4v) is 2.78. The Morgan fingerprint density at radius 3 is 2.56 bits per heavy atom. The van der Waals surface area contributed by atoms with E-state index in [1.165, 1.54) is 0 Å². The summed E-state index contributed by atoms with van der Waals surface area (Å²) in [6.45, 7) is 2.29. The normalized spacial score (nSPS) is 10.8. The lowest BCUT2D eigenvalue weighted by molar-refractivity contribution is -0.123. The molecular formula is C19H21N3O3. The number of ether oxygens (including phenoxy) is 1. The minimum absolute atomic E-state index is 0.0308. The number of benzene rings is 2. The van der Waals surface area contributed by atoms with Gasteiger partial charge in [-0.3, -0.25) is 13.9 Å². The van der Waals surface area contributed by atoms with Gasteiger partial charge in [0, 0.05) is 20.6 Å². The SMILES string of the molecule is Cc1ccccc1OCC(=O)NCc1ccc2c(c1)n(C)c(=O)n2C. The summed E-state index contributed by atoms with van der Waals surface area (Å²) in [5.74, 6) is 0.517. The molecule has 1 aromatic heterocycles. The van der Waals surface area contributed by atoms with Crippen LogP contribution in [0.1, 0.15) is 11.1 Å². The zero-order valence-corrected chi connectivity index (χ0v) is 14.6. The largest absolute Gasteiger partial charge is 0.484 e. The maximum Gasteiger partial charge on any atom is 0.328 e. The highest BCUT2D eigenvalue weighted by molar-refractivity contribution is 5.79. The Labute approximate surface area is 145 Å². The van der Waals surface area contributed by atoms with Crippen molar-refractivity contribution in [1.82, 2.24) is 14.5 Å². The first-order chi connectivity index (χ1) is 12.0. The number of amides is 1. The third-order valence-electron chi connectivity index (χ3n) is 4.28. The molecule has 0 saturated carbocycles. The lowest BCUT2D eigenvalue weighted by Crippen LogP contribution is -2.28. The summed E-state index contributed by atoms with van der Waals surface area (Å²) >= 11 is 0. The van der Waals surface area contributed by atoms with Gasteiger partial charge in [-0.2, -0.15) is 0 Å². The molecule has 0 unspecified atom stereocenters. The van der Waals surface area contributed by atoms with Crippen molar-refractivity contribution in [2.45, 2.75) is 13.5 Å². The number of aromatic nitrogens is 2. The third-order valence-corrected chi connectivity index (χ3v) is 4.28. The number of nitrogens with one attached hydrogen (secondary N) is 1. The minimum atomic E-state index is -0.190. The molecule has 1 amide bonds. The summed E-state index contributed by atoms with van der Waals surface area (Å²) in [4.78, 5) is 23.9. The van der Waals surface area contributed by atoms with Crippen LogP contribution in [0.15, 0.2) is 47.3 Å². The fraction of sp³-hybridized carbons (Fsp3) is 0.263. The van der Waals surface area contributed by atoms with Gasteiger partial charge in [0.2, 0.25) is 0 Å². The monoisotopic (exact) mass is 339 g/mol. The maximum absolute atomic E-state index is 12.0. The molecule has 6 heteroatoms. The number of rotatable bonds is 5. The topological polar surface area (TPSA) is 65.3 Å². The molecule has 0 aliphatic carbocycles. The highest BCUT2D eigenvalue weighted by Gasteiger charge is 2.09. The van der Waals surface area contributed by atoms with Gasteiger partial charge in [0.15, 0.2) is 6.61 Å². The van der Waals surface area contributed by atoms with E-state index in [-0.39, 0.29) is 18.2 Å². The molecule has 0 fully saturated rings. The van der Waals surface area contributed by atoms with Crippen LogP contribution in [-0.2, 0) is 25.4 Å². The maximum atomic E-state index is 12.0. The average Bonchev–Trinajstić information content (AvgIpc) is 2.83. The van der Waals surface area contributed by atoms with Gasteiger partial charge in [0.05, 0.1) is 11.0 Å². The van der Waals surface area contributed by atoms with Crippen LogP contribution in [0.5, 0.6) is 5.75 Å². The number of imidazole rings is 1. The molecule has 0 aliphatic rings. The quantitative estimate of drug-likeness (QED) is 0.772. The van der Waals surface area contributed by atoms with Gasteiger partial charge in [0.1, 0.15) is 5.75 Å². The van der Waals surface area contributed by atoms with Crippen molar-refractivity contribution in [3.63, 3.8) is 0 Å². The highest BCUT2D eigenvalue weighted by atomic mass is 16.5. The lowest BCUT2D eigenvalue weighted by atomic mass is 10.2. The summed E-state index contributed by atoms with van der Waals surface area (Å²) in [5, 5.41) is 2.84. The van der Waals surface area contributed by atoms with Crippen LogP contribution in [0.25, 0.3) is 11.0 Å². The van der Waals surface area contributed by atoms with E-state index >= 15 is 0 Å². The molecule has 25 heavy (non-hydrogen) atoms. The second-order valence-electron chi connectivity index (χ2n) is 6.05. The van der Waals surface area contributed by atoms with Crippen molar-refractivity contribution >= 4 is 16.9 Å². The van der Waals surface area contributed by atoms with Crippen LogP contribution in [0.2, 0.25) is 0 Å². The zero-order chi connectivity index (χ0) is 18.0. The number of para-hydroxylation sites is 1. The average molecular weight is 339 g/mol. The Bertz CT molecular complexity index is 985. The first-order valence-electron chi connectivity index (χ1n) is 8.07. The van der Waals surface area contributed by atoms with E-state index in [4.69, 9.17) is 4.74 Å². The van der Waals surface area contributed by atoms with Crippen LogP contribution < -0.4 is 15.7 Å². The molecule has 130 valence electrons. The fourth-order valence-electron chi connectivity index (χ4n) is 2.78. The summed E-state index contributed by atoms with van der Waals surface area (Å²) in [6.07, 6.45) is 0. The van der Waals surface area contributed by atoms with Gasteiger partial charge < -0.3 is 10.1 Å². The smallest absolute Gasteiger partial charge is 0.328 e. The van der Waals surface area contributed by atoms with E-state index in [1.807, 2.05) is 49.4 Å². The molecular weight excluding hydrogens is 318 g/mol. The van der Waals surface area contributed by atoms with Gasteiger partial charge in [-0.15, -0.1) is 0 Å². The second-order valence-corrected chi connectivity index (χ2v) is 6.05. The molecule has 0 aliphatic heterocycles. The minimum Gasteiger partial charge on any atom is -0.484 e. The Morgan fingerprint density at radius 2 is 1.80 bits per heavy atom. The molecule has 0 saturated heterocycles. The van der Waals surface area contributed by atoms with E-state index in [9.17, 15) is 9.59 Å². The van der Waals surface area contributed by atoms with Crippen molar-refractivity contribution in [3.05, 3.63) is 64.1 Å². The summed E-state index contributed by atoms with van der Waals surface area (Å²) < 4.78 is 8.74. The number of nitrogens with zero attached hydrogens (tertiary/aromatic N) is 2. The second kappa shape index (κ2) is 6.84. The number of carbonyl (C=O) groups is 1.